The Bertz CT molecular complexity index is 177. The first-order valence-electron chi connectivity index (χ1n) is 7.39. The Morgan fingerprint density at radius 2 is 1.71 bits per heavy atom. The standard InChI is InChI=1S/C14H30N2O/c1-3-14(4-2)16(12-13-17)11-10-15-8-6-5-7-9-15/h14,17H,3-13H2,1-2H3. The highest BCUT2D eigenvalue weighted by Crippen LogP contribution is 2.11. The van der Waals surface area contributed by atoms with Crippen molar-refractivity contribution in [3.63, 3.8) is 0 Å². The van der Waals surface area contributed by atoms with E-state index in [2.05, 4.69) is 23.6 Å². The maximum atomic E-state index is 9.16. The lowest BCUT2D eigenvalue weighted by Gasteiger charge is -2.33. The number of hydrogen-bond donors (Lipinski definition) is 1. The Balaban J connectivity index is 2.31. The summed E-state index contributed by atoms with van der Waals surface area (Å²) < 4.78 is 0. The van der Waals surface area contributed by atoms with E-state index in [9.17, 15) is 0 Å². The maximum Gasteiger partial charge on any atom is 0.0558 e. The summed E-state index contributed by atoms with van der Waals surface area (Å²) in [5.74, 6) is 0. The third-order valence-electron chi connectivity index (χ3n) is 4.00. The molecule has 1 aliphatic heterocycles. The lowest BCUT2D eigenvalue weighted by Crippen LogP contribution is -2.43. The summed E-state index contributed by atoms with van der Waals surface area (Å²) in [7, 11) is 0. The van der Waals surface area contributed by atoms with Crippen LogP contribution in [0, 0.1) is 0 Å². The van der Waals surface area contributed by atoms with Gasteiger partial charge >= 0.3 is 0 Å². The molecule has 0 saturated carbocycles. The predicted molar refractivity (Wildman–Crippen MR) is 73.3 cm³/mol. The zero-order valence-electron chi connectivity index (χ0n) is 11.7. The van der Waals surface area contributed by atoms with E-state index in [-0.39, 0.29) is 6.61 Å². The molecule has 3 nitrogen and oxygen atoms in total. The number of aliphatic hydroxyl groups is 1. The third kappa shape index (κ3) is 5.36. The lowest BCUT2D eigenvalue weighted by atomic mass is 10.1. The molecule has 0 aliphatic carbocycles. The minimum atomic E-state index is 0.288. The molecule has 0 aromatic rings. The molecule has 1 N–H and O–H groups in total. The molecule has 1 rings (SSSR count). The quantitative estimate of drug-likeness (QED) is 0.705. The van der Waals surface area contributed by atoms with Crippen molar-refractivity contribution in [1.82, 2.24) is 9.80 Å². The zero-order valence-corrected chi connectivity index (χ0v) is 11.7. The highest BCUT2D eigenvalue weighted by atomic mass is 16.3. The normalized spacial score (nSPS) is 18.2. The van der Waals surface area contributed by atoms with Gasteiger partial charge in [0.25, 0.3) is 0 Å². The summed E-state index contributed by atoms with van der Waals surface area (Å²) in [4.78, 5) is 5.05. The average molecular weight is 242 g/mol. The van der Waals surface area contributed by atoms with Crippen LogP contribution >= 0.6 is 0 Å². The van der Waals surface area contributed by atoms with E-state index in [4.69, 9.17) is 5.11 Å². The van der Waals surface area contributed by atoms with E-state index in [0.717, 1.165) is 13.1 Å². The average Bonchev–Trinajstić information content (AvgIpc) is 2.38. The second-order valence-corrected chi connectivity index (χ2v) is 5.13. The summed E-state index contributed by atoms with van der Waals surface area (Å²) in [6.07, 6.45) is 6.52. The van der Waals surface area contributed by atoms with Gasteiger partial charge in [-0.3, -0.25) is 4.90 Å². The molecule has 1 saturated heterocycles. The Labute approximate surface area is 107 Å². The fourth-order valence-electron chi connectivity index (χ4n) is 2.86. The molecule has 1 aliphatic rings. The van der Waals surface area contributed by atoms with Crippen molar-refractivity contribution in [1.29, 1.82) is 0 Å². The number of aliphatic hydroxyl groups excluding tert-OH is 1. The molecule has 102 valence electrons. The Kier molecular flexibility index (Phi) is 7.82. The fourth-order valence-corrected chi connectivity index (χ4v) is 2.86. The summed E-state index contributed by atoms with van der Waals surface area (Å²) in [5.41, 5.74) is 0. The lowest BCUT2D eigenvalue weighted by molar-refractivity contribution is 0.118. The number of nitrogens with zero attached hydrogens (tertiary/aromatic N) is 2. The van der Waals surface area contributed by atoms with Crippen molar-refractivity contribution in [2.75, 3.05) is 39.3 Å². The van der Waals surface area contributed by atoms with Crippen LogP contribution < -0.4 is 0 Å². The first-order valence-corrected chi connectivity index (χ1v) is 7.39. The highest BCUT2D eigenvalue weighted by molar-refractivity contribution is 4.72. The van der Waals surface area contributed by atoms with E-state index >= 15 is 0 Å². The minimum absolute atomic E-state index is 0.288. The Morgan fingerprint density at radius 3 is 2.24 bits per heavy atom. The molecule has 0 atom stereocenters. The van der Waals surface area contributed by atoms with Gasteiger partial charge in [0.2, 0.25) is 0 Å². The maximum absolute atomic E-state index is 9.16. The van der Waals surface area contributed by atoms with E-state index in [1.165, 1.54) is 51.7 Å². The van der Waals surface area contributed by atoms with Crippen LogP contribution in [-0.2, 0) is 0 Å². The van der Waals surface area contributed by atoms with Gasteiger partial charge in [0.05, 0.1) is 6.61 Å². The van der Waals surface area contributed by atoms with Gasteiger partial charge in [-0.15, -0.1) is 0 Å². The van der Waals surface area contributed by atoms with Crippen LogP contribution in [0.2, 0.25) is 0 Å². The molecule has 0 unspecified atom stereocenters. The van der Waals surface area contributed by atoms with Crippen molar-refractivity contribution >= 4 is 0 Å². The van der Waals surface area contributed by atoms with E-state index in [1.54, 1.807) is 0 Å². The van der Waals surface area contributed by atoms with Gasteiger partial charge in [-0.05, 0) is 38.8 Å². The van der Waals surface area contributed by atoms with Gasteiger partial charge in [0, 0.05) is 25.7 Å². The summed E-state index contributed by atoms with van der Waals surface area (Å²) in [6.45, 7) is 10.5. The zero-order chi connectivity index (χ0) is 12.5. The van der Waals surface area contributed by atoms with Gasteiger partial charge in [-0.1, -0.05) is 20.3 Å². The van der Waals surface area contributed by atoms with Crippen LogP contribution in [-0.4, -0.2) is 60.3 Å². The second-order valence-electron chi connectivity index (χ2n) is 5.13. The van der Waals surface area contributed by atoms with E-state index in [1.807, 2.05) is 0 Å². The Morgan fingerprint density at radius 1 is 1.06 bits per heavy atom. The smallest absolute Gasteiger partial charge is 0.0558 e. The molecule has 0 radical (unpaired) electrons. The van der Waals surface area contributed by atoms with Gasteiger partial charge < -0.3 is 10.0 Å². The molecule has 0 aromatic carbocycles. The molecule has 1 fully saturated rings. The topological polar surface area (TPSA) is 26.7 Å². The molecule has 0 amide bonds. The van der Waals surface area contributed by atoms with E-state index in [0.29, 0.717) is 6.04 Å². The second kappa shape index (κ2) is 8.90. The monoisotopic (exact) mass is 242 g/mol. The molecule has 0 spiro atoms. The van der Waals surface area contributed by atoms with Crippen LogP contribution in [0.4, 0.5) is 0 Å². The highest BCUT2D eigenvalue weighted by Gasteiger charge is 2.16. The fraction of sp³-hybridized carbons (Fsp3) is 1.00. The molecule has 0 bridgehead atoms. The van der Waals surface area contributed by atoms with Gasteiger partial charge in [-0.25, -0.2) is 0 Å². The third-order valence-corrected chi connectivity index (χ3v) is 4.00. The van der Waals surface area contributed by atoms with Crippen LogP contribution in [0.1, 0.15) is 46.0 Å². The number of rotatable bonds is 8. The molecule has 1 heterocycles. The van der Waals surface area contributed by atoms with Crippen molar-refractivity contribution in [3.05, 3.63) is 0 Å². The van der Waals surface area contributed by atoms with Crippen LogP contribution in [0.3, 0.4) is 0 Å². The minimum Gasteiger partial charge on any atom is -0.395 e. The first-order chi connectivity index (χ1) is 8.31. The summed E-state index contributed by atoms with van der Waals surface area (Å²) in [6, 6.07) is 0.645. The van der Waals surface area contributed by atoms with Crippen molar-refractivity contribution in [3.8, 4) is 0 Å². The Hall–Kier alpha value is -0.120. The van der Waals surface area contributed by atoms with Crippen LogP contribution in [0.25, 0.3) is 0 Å². The largest absolute Gasteiger partial charge is 0.395 e. The molecule has 3 heteroatoms. The molecule has 0 aromatic heterocycles. The molecular weight excluding hydrogens is 212 g/mol. The van der Waals surface area contributed by atoms with Crippen LogP contribution in [0.5, 0.6) is 0 Å². The number of hydrogen-bond acceptors (Lipinski definition) is 3. The SMILES string of the molecule is CCC(CC)N(CCO)CCN1CCCCC1. The molecule has 17 heavy (non-hydrogen) atoms. The van der Waals surface area contributed by atoms with Crippen LogP contribution in [0.15, 0.2) is 0 Å². The first kappa shape index (κ1) is 14.9. The summed E-state index contributed by atoms with van der Waals surface area (Å²) >= 11 is 0. The van der Waals surface area contributed by atoms with Crippen molar-refractivity contribution in [2.24, 2.45) is 0 Å². The number of piperidine rings is 1. The molecular formula is C14H30N2O. The van der Waals surface area contributed by atoms with Gasteiger partial charge in [0.1, 0.15) is 0 Å². The summed E-state index contributed by atoms with van der Waals surface area (Å²) in [5, 5.41) is 9.16. The van der Waals surface area contributed by atoms with Gasteiger partial charge in [-0.2, -0.15) is 0 Å². The van der Waals surface area contributed by atoms with Gasteiger partial charge in [0.15, 0.2) is 0 Å². The van der Waals surface area contributed by atoms with Crippen molar-refractivity contribution < 1.29 is 5.11 Å². The number of likely N-dealkylation sites (tertiary alicyclic amines) is 1. The van der Waals surface area contributed by atoms with E-state index < -0.39 is 0 Å². The predicted octanol–water partition coefficient (Wildman–Crippen LogP) is 1.96. The van der Waals surface area contributed by atoms with Crippen molar-refractivity contribution in [2.45, 2.75) is 52.0 Å².